The number of nitrogens with one attached hydrogen (secondary N) is 1. The third-order valence-electron chi connectivity index (χ3n) is 3.76. The van der Waals surface area contributed by atoms with Gasteiger partial charge in [-0.1, -0.05) is 12.1 Å². The molecule has 25 heavy (non-hydrogen) atoms. The van der Waals surface area contributed by atoms with Gasteiger partial charge in [-0.05, 0) is 37.3 Å². The minimum absolute atomic E-state index is 0.0422. The van der Waals surface area contributed by atoms with Crippen LogP contribution in [0, 0.1) is 11.6 Å². The van der Waals surface area contributed by atoms with Gasteiger partial charge in [0.25, 0.3) is 0 Å². The van der Waals surface area contributed by atoms with Crippen LogP contribution in [-0.2, 0) is 14.3 Å². The molecule has 1 N–H and O–H groups in total. The van der Waals surface area contributed by atoms with Crippen LogP contribution in [0.2, 0.25) is 0 Å². The Labute approximate surface area is 147 Å². The average molecular weight is 363 g/mol. The van der Waals surface area contributed by atoms with Gasteiger partial charge in [0.15, 0.2) is 0 Å². The van der Waals surface area contributed by atoms with Crippen LogP contribution in [0.3, 0.4) is 0 Å². The second-order valence-electron chi connectivity index (χ2n) is 5.59. The maximum absolute atomic E-state index is 13.7. The van der Waals surface area contributed by atoms with Gasteiger partial charge in [0.05, 0.1) is 17.4 Å². The minimum atomic E-state index is -0.952. The molecule has 0 spiro atoms. The van der Waals surface area contributed by atoms with Crippen LogP contribution in [-0.4, -0.2) is 17.1 Å². The normalized spacial score (nSPS) is 17.4. The van der Waals surface area contributed by atoms with E-state index in [1.807, 2.05) is 18.2 Å². The van der Waals surface area contributed by atoms with Crippen molar-refractivity contribution >= 4 is 29.3 Å². The number of halogens is 2. The zero-order valence-corrected chi connectivity index (χ0v) is 14.1. The van der Waals surface area contributed by atoms with Crippen molar-refractivity contribution < 1.29 is 23.1 Å². The smallest absolute Gasteiger partial charge is 0.308 e. The molecular formula is C18H15F2NO3S. The highest BCUT2D eigenvalue weighted by molar-refractivity contribution is 8.01. The number of hydrogen-bond donors (Lipinski definition) is 1. The van der Waals surface area contributed by atoms with Crippen LogP contribution in [0.4, 0.5) is 14.5 Å². The lowest BCUT2D eigenvalue weighted by molar-refractivity contribution is -0.149. The molecule has 0 saturated heterocycles. The molecule has 4 nitrogen and oxygen atoms in total. The molecule has 0 bridgehead atoms. The van der Waals surface area contributed by atoms with E-state index in [2.05, 4.69) is 5.32 Å². The van der Waals surface area contributed by atoms with E-state index in [4.69, 9.17) is 4.74 Å². The zero-order chi connectivity index (χ0) is 18.0. The van der Waals surface area contributed by atoms with Crippen molar-refractivity contribution in [2.45, 2.75) is 29.6 Å². The van der Waals surface area contributed by atoms with E-state index in [0.29, 0.717) is 5.69 Å². The summed E-state index contributed by atoms with van der Waals surface area (Å²) < 4.78 is 32.1. The second kappa shape index (κ2) is 7.23. The number of para-hydroxylation sites is 1. The summed E-state index contributed by atoms with van der Waals surface area (Å²) in [6, 6.07) is 10.2. The van der Waals surface area contributed by atoms with Gasteiger partial charge in [-0.15, -0.1) is 11.8 Å². The molecule has 0 aromatic heterocycles. The number of thioether (sulfide) groups is 1. The Morgan fingerprint density at radius 2 is 2.04 bits per heavy atom. The molecule has 3 rings (SSSR count). The summed E-state index contributed by atoms with van der Waals surface area (Å²) >= 11 is 1.27. The molecule has 0 aliphatic carbocycles. The lowest BCUT2D eigenvalue weighted by atomic mass is 10.1. The van der Waals surface area contributed by atoms with E-state index in [1.165, 1.54) is 18.7 Å². The number of anilines is 1. The van der Waals surface area contributed by atoms with Gasteiger partial charge in [0.1, 0.15) is 17.7 Å². The fourth-order valence-electron chi connectivity index (χ4n) is 2.51. The Kier molecular flexibility index (Phi) is 5.03. The average Bonchev–Trinajstić information content (AvgIpc) is 2.57. The number of benzene rings is 2. The number of carbonyl (C=O) groups is 2. The van der Waals surface area contributed by atoms with Crippen molar-refractivity contribution in [2.75, 3.05) is 5.32 Å². The van der Waals surface area contributed by atoms with E-state index in [0.717, 1.165) is 23.1 Å². The zero-order valence-electron chi connectivity index (χ0n) is 13.3. The van der Waals surface area contributed by atoms with Crippen molar-refractivity contribution in [3.8, 4) is 0 Å². The molecule has 2 atom stereocenters. The fraction of sp³-hybridized carbons (Fsp3) is 0.222. The summed E-state index contributed by atoms with van der Waals surface area (Å²) in [5.41, 5.74) is 0.664. The highest BCUT2D eigenvalue weighted by Gasteiger charge is 2.30. The fourth-order valence-corrected chi connectivity index (χ4v) is 3.61. The number of esters is 1. The topological polar surface area (TPSA) is 55.4 Å². The van der Waals surface area contributed by atoms with E-state index in [9.17, 15) is 18.4 Å². The molecule has 2 unspecified atom stereocenters. The third kappa shape index (κ3) is 3.99. The molecule has 0 saturated carbocycles. The summed E-state index contributed by atoms with van der Waals surface area (Å²) in [7, 11) is 0. The predicted molar refractivity (Wildman–Crippen MR) is 90.2 cm³/mol. The molecule has 0 radical (unpaired) electrons. The monoisotopic (exact) mass is 363 g/mol. The van der Waals surface area contributed by atoms with Crippen LogP contribution < -0.4 is 5.32 Å². The number of amides is 1. The first kappa shape index (κ1) is 17.4. The number of ether oxygens (including phenoxy) is 1. The van der Waals surface area contributed by atoms with Gasteiger partial charge in [-0.25, -0.2) is 8.78 Å². The van der Waals surface area contributed by atoms with Crippen molar-refractivity contribution in [3.05, 3.63) is 59.7 Å². The first-order valence-electron chi connectivity index (χ1n) is 7.65. The van der Waals surface area contributed by atoms with E-state index in [1.54, 1.807) is 6.07 Å². The van der Waals surface area contributed by atoms with Crippen LogP contribution in [0.5, 0.6) is 0 Å². The number of fused-ring (bicyclic) bond motifs is 1. The maximum Gasteiger partial charge on any atom is 0.308 e. The quantitative estimate of drug-likeness (QED) is 0.832. The summed E-state index contributed by atoms with van der Waals surface area (Å²) in [5.74, 6) is -2.20. The Morgan fingerprint density at radius 1 is 1.28 bits per heavy atom. The summed E-state index contributed by atoms with van der Waals surface area (Å²) in [6.07, 6.45) is -1.11. The number of hydrogen-bond acceptors (Lipinski definition) is 4. The molecular weight excluding hydrogens is 348 g/mol. The summed E-state index contributed by atoms with van der Waals surface area (Å²) in [6.45, 7) is 1.46. The third-order valence-corrected chi connectivity index (χ3v) is 5.04. The lowest BCUT2D eigenvalue weighted by Crippen LogP contribution is -2.31. The van der Waals surface area contributed by atoms with Gasteiger partial charge in [0.2, 0.25) is 5.91 Å². The summed E-state index contributed by atoms with van der Waals surface area (Å²) in [5, 5.41) is 2.11. The molecule has 1 aliphatic heterocycles. The molecule has 2 aromatic carbocycles. The predicted octanol–water partition coefficient (Wildman–Crippen LogP) is 4.07. The Balaban J connectivity index is 1.65. The Bertz CT molecular complexity index is 828. The number of rotatable bonds is 4. The van der Waals surface area contributed by atoms with E-state index < -0.39 is 29.0 Å². The largest absolute Gasteiger partial charge is 0.458 e. The first-order valence-corrected chi connectivity index (χ1v) is 8.53. The number of carbonyl (C=O) groups excluding carboxylic acids is 2. The molecule has 7 heteroatoms. The standard InChI is InChI=1S/C18H15F2NO3S/c1-10(12-8-11(19)6-7-13(12)20)24-17(22)9-16-18(23)21-14-4-2-3-5-15(14)25-16/h2-8,10,16H,9H2,1H3,(H,21,23). The highest BCUT2D eigenvalue weighted by atomic mass is 32.2. The molecule has 130 valence electrons. The van der Waals surface area contributed by atoms with Crippen molar-refractivity contribution in [1.29, 1.82) is 0 Å². The first-order chi connectivity index (χ1) is 11.9. The van der Waals surface area contributed by atoms with Gasteiger partial charge < -0.3 is 10.1 Å². The highest BCUT2D eigenvalue weighted by Crippen LogP contribution is 2.37. The van der Waals surface area contributed by atoms with E-state index in [-0.39, 0.29) is 17.9 Å². The van der Waals surface area contributed by atoms with Crippen molar-refractivity contribution in [3.63, 3.8) is 0 Å². The van der Waals surface area contributed by atoms with Gasteiger partial charge in [0, 0.05) is 10.5 Å². The molecule has 1 heterocycles. The van der Waals surface area contributed by atoms with Crippen LogP contribution in [0.15, 0.2) is 47.4 Å². The molecule has 2 aromatic rings. The Hall–Kier alpha value is -2.41. The van der Waals surface area contributed by atoms with E-state index >= 15 is 0 Å². The van der Waals surface area contributed by atoms with Crippen LogP contribution in [0.1, 0.15) is 25.0 Å². The molecule has 0 fully saturated rings. The second-order valence-corrected chi connectivity index (χ2v) is 6.84. The van der Waals surface area contributed by atoms with Gasteiger partial charge in [-0.2, -0.15) is 0 Å². The van der Waals surface area contributed by atoms with Crippen LogP contribution in [0.25, 0.3) is 0 Å². The van der Waals surface area contributed by atoms with Crippen molar-refractivity contribution in [1.82, 2.24) is 0 Å². The molecule has 1 aliphatic rings. The Morgan fingerprint density at radius 3 is 2.84 bits per heavy atom. The van der Waals surface area contributed by atoms with Gasteiger partial charge >= 0.3 is 5.97 Å². The SMILES string of the molecule is CC(OC(=O)CC1Sc2ccccc2NC1=O)c1cc(F)ccc1F. The minimum Gasteiger partial charge on any atom is -0.458 e. The summed E-state index contributed by atoms with van der Waals surface area (Å²) in [4.78, 5) is 25.1. The van der Waals surface area contributed by atoms with Crippen LogP contribution >= 0.6 is 11.8 Å². The van der Waals surface area contributed by atoms with Crippen molar-refractivity contribution in [2.24, 2.45) is 0 Å². The van der Waals surface area contributed by atoms with Gasteiger partial charge in [-0.3, -0.25) is 9.59 Å². The lowest BCUT2D eigenvalue weighted by Gasteiger charge is -2.24. The maximum atomic E-state index is 13.7. The molecule has 1 amide bonds.